The fourth-order valence-electron chi connectivity index (χ4n) is 2.99. The van der Waals surface area contributed by atoms with Crippen LogP contribution in [0.3, 0.4) is 0 Å². The summed E-state index contributed by atoms with van der Waals surface area (Å²) >= 11 is 0. The summed E-state index contributed by atoms with van der Waals surface area (Å²) in [5, 5.41) is 6.39. The highest BCUT2D eigenvalue weighted by atomic mass is 16.1. The molecule has 0 radical (unpaired) electrons. The molecule has 4 heteroatoms. The van der Waals surface area contributed by atoms with E-state index in [1.54, 1.807) is 6.07 Å². The van der Waals surface area contributed by atoms with Gasteiger partial charge in [0.1, 0.15) is 0 Å². The van der Waals surface area contributed by atoms with Crippen molar-refractivity contribution >= 4 is 17.3 Å². The van der Waals surface area contributed by atoms with Gasteiger partial charge in [0.25, 0.3) is 5.91 Å². The maximum Gasteiger partial charge on any atom is 0.251 e. The predicted octanol–water partition coefficient (Wildman–Crippen LogP) is 3.40. The van der Waals surface area contributed by atoms with Crippen molar-refractivity contribution < 1.29 is 4.79 Å². The lowest BCUT2D eigenvalue weighted by atomic mass is 9.96. The zero-order chi connectivity index (χ0) is 15.2. The standard InChI is InChI=1S/C17H27N3O/c1-3-19-17(21)13-9-10-14(18)16(11-13)20-15-8-6-4-5-7-12(15)2/h9-12,15,20H,3-8,18H2,1-2H3,(H,19,21). The zero-order valence-electron chi connectivity index (χ0n) is 13.1. The maximum absolute atomic E-state index is 11.9. The van der Waals surface area contributed by atoms with Crippen LogP contribution in [0.4, 0.5) is 11.4 Å². The van der Waals surface area contributed by atoms with E-state index >= 15 is 0 Å². The summed E-state index contributed by atoms with van der Waals surface area (Å²) in [6, 6.07) is 5.91. The normalized spacial score (nSPS) is 22.4. The van der Waals surface area contributed by atoms with Crippen LogP contribution in [0, 0.1) is 5.92 Å². The van der Waals surface area contributed by atoms with Gasteiger partial charge in [0, 0.05) is 18.2 Å². The van der Waals surface area contributed by atoms with Crippen molar-refractivity contribution in [3.63, 3.8) is 0 Å². The molecule has 1 aliphatic carbocycles. The van der Waals surface area contributed by atoms with E-state index in [1.165, 1.54) is 32.1 Å². The molecule has 1 aliphatic rings. The highest BCUT2D eigenvalue weighted by molar-refractivity contribution is 5.96. The van der Waals surface area contributed by atoms with E-state index in [-0.39, 0.29) is 5.91 Å². The lowest BCUT2D eigenvalue weighted by Crippen LogP contribution is -2.27. The number of benzene rings is 1. The Kier molecular flexibility index (Phi) is 5.48. The molecule has 116 valence electrons. The van der Waals surface area contributed by atoms with Gasteiger partial charge in [-0.1, -0.05) is 26.2 Å². The molecular weight excluding hydrogens is 262 g/mol. The molecule has 1 saturated carbocycles. The molecule has 1 fully saturated rings. The number of nitrogens with one attached hydrogen (secondary N) is 2. The molecule has 21 heavy (non-hydrogen) atoms. The second-order valence-electron chi connectivity index (χ2n) is 6.03. The van der Waals surface area contributed by atoms with Gasteiger partial charge in [-0.25, -0.2) is 0 Å². The van der Waals surface area contributed by atoms with Gasteiger partial charge in [-0.3, -0.25) is 4.79 Å². The van der Waals surface area contributed by atoms with Crippen LogP contribution < -0.4 is 16.4 Å². The van der Waals surface area contributed by atoms with Crippen LogP contribution in [0.1, 0.15) is 56.3 Å². The van der Waals surface area contributed by atoms with E-state index in [9.17, 15) is 4.79 Å². The van der Waals surface area contributed by atoms with Gasteiger partial charge in [-0.05, 0) is 43.9 Å². The minimum Gasteiger partial charge on any atom is -0.397 e. The third-order valence-electron chi connectivity index (χ3n) is 4.36. The summed E-state index contributed by atoms with van der Waals surface area (Å²) in [6.07, 6.45) is 6.32. The minimum atomic E-state index is -0.0468. The number of nitrogen functional groups attached to an aromatic ring is 1. The number of anilines is 2. The second-order valence-corrected chi connectivity index (χ2v) is 6.03. The third-order valence-corrected chi connectivity index (χ3v) is 4.36. The molecule has 2 rings (SSSR count). The summed E-state index contributed by atoms with van der Waals surface area (Å²) in [5.41, 5.74) is 8.33. The van der Waals surface area contributed by atoms with Gasteiger partial charge >= 0.3 is 0 Å². The van der Waals surface area contributed by atoms with E-state index in [0.29, 0.717) is 29.8 Å². The van der Waals surface area contributed by atoms with Crippen molar-refractivity contribution in [1.29, 1.82) is 0 Å². The lowest BCUT2D eigenvalue weighted by Gasteiger charge is -2.25. The van der Waals surface area contributed by atoms with Crippen molar-refractivity contribution in [3.05, 3.63) is 23.8 Å². The van der Waals surface area contributed by atoms with Crippen LogP contribution in [0.5, 0.6) is 0 Å². The Hall–Kier alpha value is -1.71. The number of hydrogen-bond acceptors (Lipinski definition) is 3. The second kappa shape index (κ2) is 7.34. The van der Waals surface area contributed by atoms with Gasteiger partial charge in [0.2, 0.25) is 0 Å². The lowest BCUT2D eigenvalue weighted by molar-refractivity contribution is 0.0956. The molecule has 0 aliphatic heterocycles. The first kappa shape index (κ1) is 15.7. The summed E-state index contributed by atoms with van der Waals surface area (Å²) in [5.74, 6) is 0.592. The summed E-state index contributed by atoms with van der Waals surface area (Å²) in [7, 11) is 0. The first-order chi connectivity index (χ1) is 10.1. The SMILES string of the molecule is CCNC(=O)c1ccc(N)c(NC2CCCCCC2C)c1. The van der Waals surface area contributed by atoms with E-state index in [2.05, 4.69) is 17.6 Å². The Labute approximate surface area is 127 Å². The molecule has 0 bridgehead atoms. The van der Waals surface area contributed by atoms with Crippen molar-refractivity contribution in [2.45, 2.75) is 52.0 Å². The van der Waals surface area contributed by atoms with Crippen molar-refractivity contribution in [2.75, 3.05) is 17.6 Å². The van der Waals surface area contributed by atoms with Crippen LogP contribution in [0.15, 0.2) is 18.2 Å². The number of hydrogen-bond donors (Lipinski definition) is 3. The molecular formula is C17H27N3O. The predicted molar refractivity (Wildman–Crippen MR) is 88.5 cm³/mol. The molecule has 4 nitrogen and oxygen atoms in total. The molecule has 2 atom stereocenters. The minimum absolute atomic E-state index is 0.0468. The summed E-state index contributed by atoms with van der Waals surface area (Å²) < 4.78 is 0. The Morgan fingerprint density at radius 1 is 1.29 bits per heavy atom. The summed E-state index contributed by atoms with van der Waals surface area (Å²) in [6.45, 7) is 4.85. The Balaban J connectivity index is 2.14. The molecule has 0 aromatic heterocycles. The van der Waals surface area contributed by atoms with E-state index < -0.39 is 0 Å². The Morgan fingerprint density at radius 2 is 2.05 bits per heavy atom. The van der Waals surface area contributed by atoms with Gasteiger partial charge < -0.3 is 16.4 Å². The van der Waals surface area contributed by atoms with Gasteiger partial charge in [-0.15, -0.1) is 0 Å². The largest absolute Gasteiger partial charge is 0.397 e. The first-order valence-corrected chi connectivity index (χ1v) is 8.06. The molecule has 2 unspecified atom stereocenters. The molecule has 1 amide bonds. The van der Waals surface area contributed by atoms with Crippen molar-refractivity contribution in [2.24, 2.45) is 5.92 Å². The number of amides is 1. The van der Waals surface area contributed by atoms with E-state index in [0.717, 1.165) is 5.69 Å². The zero-order valence-corrected chi connectivity index (χ0v) is 13.1. The topological polar surface area (TPSA) is 67.2 Å². The van der Waals surface area contributed by atoms with Crippen molar-refractivity contribution in [3.8, 4) is 0 Å². The average Bonchev–Trinajstić information content (AvgIpc) is 2.66. The number of rotatable bonds is 4. The first-order valence-electron chi connectivity index (χ1n) is 8.06. The highest BCUT2D eigenvalue weighted by Crippen LogP contribution is 2.28. The number of carbonyl (C=O) groups excluding carboxylic acids is 1. The number of nitrogens with two attached hydrogens (primary N) is 1. The van der Waals surface area contributed by atoms with Crippen LogP contribution in [0.2, 0.25) is 0 Å². The van der Waals surface area contributed by atoms with Crippen LogP contribution >= 0.6 is 0 Å². The van der Waals surface area contributed by atoms with Crippen LogP contribution in [0.25, 0.3) is 0 Å². The van der Waals surface area contributed by atoms with Crippen molar-refractivity contribution in [1.82, 2.24) is 5.32 Å². The molecule has 1 aromatic carbocycles. The highest BCUT2D eigenvalue weighted by Gasteiger charge is 2.20. The van der Waals surface area contributed by atoms with Gasteiger partial charge in [0.15, 0.2) is 0 Å². The van der Waals surface area contributed by atoms with Gasteiger partial charge in [0.05, 0.1) is 11.4 Å². The molecule has 4 N–H and O–H groups in total. The van der Waals surface area contributed by atoms with E-state index in [4.69, 9.17) is 5.73 Å². The quantitative estimate of drug-likeness (QED) is 0.588. The smallest absolute Gasteiger partial charge is 0.251 e. The van der Waals surface area contributed by atoms with Gasteiger partial charge in [-0.2, -0.15) is 0 Å². The molecule has 0 spiro atoms. The maximum atomic E-state index is 11.9. The summed E-state index contributed by atoms with van der Waals surface area (Å²) in [4.78, 5) is 11.9. The number of carbonyl (C=O) groups is 1. The fourth-order valence-corrected chi connectivity index (χ4v) is 2.99. The molecule has 1 aromatic rings. The third kappa shape index (κ3) is 4.13. The van der Waals surface area contributed by atoms with Crippen LogP contribution in [-0.4, -0.2) is 18.5 Å². The monoisotopic (exact) mass is 289 g/mol. The Bertz CT molecular complexity index is 487. The molecule has 0 heterocycles. The fraction of sp³-hybridized carbons (Fsp3) is 0.588. The Morgan fingerprint density at radius 3 is 2.81 bits per heavy atom. The van der Waals surface area contributed by atoms with Crippen LogP contribution in [-0.2, 0) is 0 Å². The average molecular weight is 289 g/mol. The van der Waals surface area contributed by atoms with E-state index in [1.807, 2.05) is 19.1 Å². The molecule has 0 saturated heterocycles.